The lowest BCUT2D eigenvalue weighted by Crippen LogP contribution is -2.29. The molecule has 0 radical (unpaired) electrons. The van der Waals surface area contributed by atoms with Crippen molar-refractivity contribution in [1.29, 1.82) is 0 Å². The minimum atomic E-state index is -0.506. The number of aromatic nitrogens is 1. The molecule has 6 heteroatoms. The topological polar surface area (TPSA) is 68.3 Å². The van der Waals surface area contributed by atoms with Gasteiger partial charge in [-0.25, -0.2) is 4.98 Å². The predicted molar refractivity (Wildman–Crippen MR) is 82.4 cm³/mol. The first kappa shape index (κ1) is 15.4. The van der Waals surface area contributed by atoms with Gasteiger partial charge in [0.2, 0.25) is 0 Å². The molecule has 2 rings (SSSR count). The number of carbonyl (C=O) groups is 2. The quantitative estimate of drug-likeness (QED) is 0.882. The average Bonchev–Trinajstić information content (AvgIpc) is 2.80. The fraction of sp³-hybridized carbons (Fsp3) is 0.400. The number of thiazole rings is 1. The number of carbonyl (C=O) groups excluding carboxylic acids is 2. The Labute approximate surface area is 127 Å². The number of ether oxygens (including phenoxy) is 1. The Morgan fingerprint density at radius 2 is 2.00 bits per heavy atom. The zero-order chi connectivity index (χ0) is 15.5. The van der Waals surface area contributed by atoms with Crippen LogP contribution < -0.4 is 5.32 Å². The molecule has 0 spiro atoms. The monoisotopic (exact) mass is 306 g/mol. The molecule has 1 heterocycles. The number of nitrogens with zero attached hydrogens (tertiary/aromatic N) is 1. The van der Waals surface area contributed by atoms with Crippen molar-refractivity contribution in [2.45, 2.75) is 32.8 Å². The first-order valence-corrected chi connectivity index (χ1v) is 7.52. The van der Waals surface area contributed by atoms with Crippen LogP contribution in [0.3, 0.4) is 0 Å². The van der Waals surface area contributed by atoms with Crippen molar-refractivity contribution in [2.75, 3.05) is 6.54 Å². The number of nitrogens with one attached hydrogen (secondary N) is 1. The maximum absolute atomic E-state index is 12.0. The van der Waals surface area contributed by atoms with Crippen LogP contribution in [0.5, 0.6) is 0 Å². The number of fused-ring (bicyclic) bond motifs is 1. The van der Waals surface area contributed by atoms with Crippen LogP contribution in [0, 0.1) is 0 Å². The number of amides is 1. The first-order valence-electron chi connectivity index (χ1n) is 6.71. The molecule has 112 valence electrons. The molecule has 0 saturated heterocycles. The van der Waals surface area contributed by atoms with Crippen LogP contribution in [-0.2, 0) is 9.53 Å². The normalized spacial score (nSPS) is 11.4. The first-order chi connectivity index (χ1) is 9.85. The van der Waals surface area contributed by atoms with E-state index in [0.29, 0.717) is 5.01 Å². The Morgan fingerprint density at radius 3 is 2.67 bits per heavy atom. The average molecular weight is 306 g/mol. The summed E-state index contributed by atoms with van der Waals surface area (Å²) in [5, 5.41) is 3.09. The number of hydrogen-bond donors (Lipinski definition) is 1. The van der Waals surface area contributed by atoms with Crippen LogP contribution >= 0.6 is 11.3 Å². The Hall–Kier alpha value is -1.95. The van der Waals surface area contributed by atoms with E-state index in [9.17, 15) is 9.59 Å². The van der Waals surface area contributed by atoms with Crippen LogP contribution in [-0.4, -0.2) is 29.0 Å². The summed E-state index contributed by atoms with van der Waals surface area (Å²) in [7, 11) is 0. The molecule has 0 saturated carbocycles. The number of benzene rings is 1. The molecule has 0 bridgehead atoms. The number of para-hydroxylation sites is 1. The summed E-state index contributed by atoms with van der Waals surface area (Å²) >= 11 is 1.33. The van der Waals surface area contributed by atoms with Gasteiger partial charge in [0, 0.05) is 6.54 Å². The zero-order valence-electron chi connectivity index (χ0n) is 12.3. The summed E-state index contributed by atoms with van der Waals surface area (Å²) in [6, 6.07) is 7.57. The van der Waals surface area contributed by atoms with E-state index < -0.39 is 5.60 Å². The molecule has 0 aliphatic carbocycles. The lowest BCUT2D eigenvalue weighted by atomic mass is 10.2. The second-order valence-electron chi connectivity index (χ2n) is 5.58. The van der Waals surface area contributed by atoms with Gasteiger partial charge in [0.25, 0.3) is 5.91 Å². The van der Waals surface area contributed by atoms with E-state index in [1.165, 1.54) is 11.3 Å². The number of rotatable bonds is 4. The van der Waals surface area contributed by atoms with Gasteiger partial charge in [-0.05, 0) is 32.9 Å². The third kappa shape index (κ3) is 4.53. The molecule has 0 aliphatic rings. The van der Waals surface area contributed by atoms with Crippen molar-refractivity contribution in [3.05, 3.63) is 29.3 Å². The molecule has 0 atom stereocenters. The third-order valence-corrected chi connectivity index (χ3v) is 3.56. The van der Waals surface area contributed by atoms with Gasteiger partial charge in [-0.2, -0.15) is 0 Å². The van der Waals surface area contributed by atoms with Crippen LogP contribution in [0.1, 0.15) is 37.0 Å². The van der Waals surface area contributed by atoms with Gasteiger partial charge in [0.15, 0.2) is 5.01 Å². The lowest BCUT2D eigenvalue weighted by molar-refractivity contribution is -0.154. The fourth-order valence-electron chi connectivity index (χ4n) is 1.72. The van der Waals surface area contributed by atoms with Crippen LogP contribution in [0.2, 0.25) is 0 Å². The van der Waals surface area contributed by atoms with Gasteiger partial charge < -0.3 is 10.1 Å². The SMILES string of the molecule is CC(C)(C)OC(=O)CCNC(=O)c1nc2ccccc2s1. The molecule has 1 aromatic carbocycles. The smallest absolute Gasteiger partial charge is 0.308 e. The fourth-order valence-corrected chi connectivity index (χ4v) is 2.60. The van der Waals surface area contributed by atoms with Gasteiger partial charge in [-0.1, -0.05) is 12.1 Å². The zero-order valence-corrected chi connectivity index (χ0v) is 13.1. The summed E-state index contributed by atoms with van der Waals surface area (Å²) in [6.07, 6.45) is 0.147. The molecule has 5 nitrogen and oxygen atoms in total. The van der Waals surface area contributed by atoms with Crippen molar-refractivity contribution in [3.63, 3.8) is 0 Å². The van der Waals surface area contributed by atoms with Gasteiger partial charge in [-0.15, -0.1) is 11.3 Å². The number of hydrogen-bond acceptors (Lipinski definition) is 5. The second kappa shape index (κ2) is 6.22. The summed E-state index contributed by atoms with van der Waals surface area (Å²) in [5.74, 6) is -0.591. The van der Waals surface area contributed by atoms with Crippen molar-refractivity contribution < 1.29 is 14.3 Å². The van der Waals surface area contributed by atoms with E-state index in [0.717, 1.165) is 10.2 Å². The van der Waals surface area contributed by atoms with Crippen molar-refractivity contribution in [3.8, 4) is 0 Å². The van der Waals surface area contributed by atoms with E-state index in [-0.39, 0.29) is 24.8 Å². The molecule has 1 amide bonds. The lowest BCUT2D eigenvalue weighted by Gasteiger charge is -2.19. The van der Waals surface area contributed by atoms with Gasteiger partial charge in [0.05, 0.1) is 16.6 Å². The van der Waals surface area contributed by atoms with E-state index in [4.69, 9.17) is 4.74 Å². The Kier molecular flexibility index (Phi) is 4.57. The maximum Gasteiger partial charge on any atom is 0.308 e. The van der Waals surface area contributed by atoms with E-state index in [1.807, 2.05) is 45.0 Å². The molecule has 21 heavy (non-hydrogen) atoms. The molecular formula is C15H18N2O3S. The van der Waals surface area contributed by atoms with E-state index in [2.05, 4.69) is 10.3 Å². The minimum Gasteiger partial charge on any atom is -0.460 e. The summed E-state index contributed by atoms with van der Waals surface area (Å²) in [5.41, 5.74) is 0.300. The van der Waals surface area contributed by atoms with Gasteiger partial charge >= 0.3 is 5.97 Å². The third-order valence-electron chi connectivity index (χ3n) is 2.52. The van der Waals surface area contributed by atoms with Crippen LogP contribution in [0.4, 0.5) is 0 Å². The molecule has 0 unspecified atom stereocenters. The van der Waals surface area contributed by atoms with Crippen molar-refractivity contribution >= 4 is 33.4 Å². The largest absolute Gasteiger partial charge is 0.460 e. The molecule has 1 aromatic heterocycles. The Balaban J connectivity index is 1.86. The van der Waals surface area contributed by atoms with Gasteiger partial charge in [0.1, 0.15) is 5.60 Å². The molecule has 1 N–H and O–H groups in total. The summed E-state index contributed by atoms with van der Waals surface area (Å²) < 4.78 is 6.14. The molecule has 0 aliphatic heterocycles. The van der Waals surface area contributed by atoms with Crippen molar-refractivity contribution in [2.24, 2.45) is 0 Å². The highest BCUT2D eigenvalue weighted by Crippen LogP contribution is 2.21. The standard InChI is InChI=1S/C15H18N2O3S/c1-15(2,3)20-12(18)8-9-16-13(19)14-17-10-6-4-5-7-11(10)21-14/h4-7H,8-9H2,1-3H3,(H,16,19). The van der Waals surface area contributed by atoms with Crippen LogP contribution in [0.25, 0.3) is 10.2 Å². The highest BCUT2D eigenvalue weighted by atomic mass is 32.1. The second-order valence-corrected chi connectivity index (χ2v) is 6.61. The predicted octanol–water partition coefficient (Wildman–Crippen LogP) is 2.76. The Bertz CT molecular complexity index is 625. The molecular weight excluding hydrogens is 288 g/mol. The van der Waals surface area contributed by atoms with Crippen LogP contribution in [0.15, 0.2) is 24.3 Å². The Morgan fingerprint density at radius 1 is 1.29 bits per heavy atom. The summed E-state index contributed by atoms with van der Waals surface area (Å²) in [6.45, 7) is 5.67. The van der Waals surface area contributed by atoms with Crippen molar-refractivity contribution in [1.82, 2.24) is 10.3 Å². The maximum atomic E-state index is 12.0. The highest BCUT2D eigenvalue weighted by Gasteiger charge is 2.17. The molecule has 2 aromatic rings. The number of esters is 1. The minimum absolute atomic E-state index is 0.147. The van der Waals surface area contributed by atoms with Gasteiger partial charge in [-0.3, -0.25) is 9.59 Å². The highest BCUT2D eigenvalue weighted by molar-refractivity contribution is 7.20. The molecule has 0 fully saturated rings. The summed E-state index contributed by atoms with van der Waals surface area (Å²) in [4.78, 5) is 27.8. The van der Waals surface area contributed by atoms with E-state index >= 15 is 0 Å². The van der Waals surface area contributed by atoms with E-state index in [1.54, 1.807) is 0 Å².